The zero-order chi connectivity index (χ0) is 18.0. The largest absolute Gasteiger partial charge is 0.295 e. The molecule has 4 aliphatic carbocycles. The first-order chi connectivity index (χ1) is 11.8. The summed E-state index contributed by atoms with van der Waals surface area (Å²) < 4.78 is 0. The van der Waals surface area contributed by atoms with Gasteiger partial charge in [-0.05, 0) is 79.4 Å². The zero-order valence-electron chi connectivity index (χ0n) is 15.6. The molecular formula is C22H28O3. The van der Waals surface area contributed by atoms with E-state index in [0.29, 0.717) is 18.3 Å². The fraction of sp³-hybridized carbons (Fsp3) is 0.682. The highest BCUT2D eigenvalue weighted by Gasteiger charge is 2.62. The number of hydrogen-bond acceptors (Lipinski definition) is 3. The maximum Gasteiger partial charge on any atom is 0.204 e. The molecule has 3 nitrogen and oxygen atoms in total. The number of allylic oxidation sites excluding steroid dienone is 4. The second kappa shape index (κ2) is 5.49. The monoisotopic (exact) mass is 340 g/mol. The molecule has 0 heterocycles. The van der Waals surface area contributed by atoms with Crippen LogP contribution in [0.5, 0.6) is 0 Å². The maximum atomic E-state index is 12.7. The molecule has 0 amide bonds. The molecule has 0 aromatic heterocycles. The van der Waals surface area contributed by atoms with Crippen molar-refractivity contribution in [3.8, 4) is 0 Å². The Hall–Kier alpha value is -1.51. The molecule has 4 atom stereocenters. The SMILES string of the molecule is CC(=O)C(=O)[C@@]1(C)CC[C@H]2[C@@H]3CCC4=CC(=O)CCC4=C3CC[C@@]21C. The van der Waals surface area contributed by atoms with E-state index in [1.54, 1.807) is 5.57 Å². The van der Waals surface area contributed by atoms with E-state index in [4.69, 9.17) is 0 Å². The average molecular weight is 340 g/mol. The number of ketones is 3. The average Bonchev–Trinajstić information content (AvgIpc) is 2.86. The molecule has 0 saturated heterocycles. The quantitative estimate of drug-likeness (QED) is 0.702. The highest BCUT2D eigenvalue weighted by molar-refractivity contribution is 6.38. The summed E-state index contributed by atoms with van der Waals surface area (Å²) in [6.07, 6.45) is 9.44. The number of fused-ring (bicyclic) bond motifs is 4. The van der Waals surface area contributed by atoms with Crippen LogP contribution in [0.25, 0.3) is 0 Å². The fourth-order valence-electron chi connectivity index (χ4n) is 6.56. The van der Waals surface area contributed by atoms with Crippen LogP contribution >= 0.6 is 0 Å². The molecule has 3 heteroatoms. The Bertz CT molecular complexity index is 740. The van der Waals surface area contributed by atoms with Crippen LogP contribution in [-0.2, 0) is 14.4 Å². The summed E-state index contributed by atoms with van der Waals surface area (Å²) in [6, 6.07) is 0. The van der Waals surface area contributed by atoms with Crippen LogP contribution in [0.2, 0.25) is 0 Å². The Morgan fingerprint density at radius 2 is 1.80 bits per heavy atom. The number of rotatable bonds is 2. The van der Waals surface area contributed by atoms with Crippen LogP contribution in [0.4, 0.5) is 0 Å². The normalized spacial score (nSPS) is 40.1. The minimum atomic E-state index is -0.502. The van der Waals surface area contributed by atoms with Crippen LogP contribution in [0.3, 0.4) is 0 Å². The minimum Gasteiger partial charge on any atom is -0.295 e. The lowest BCUT2D eigenvalue weighted by Gasteiger charge is -2.52. The van der Waals surface area contributed by atoms with Gasteiger partial charge in [-0.15, -0.1) is 0 Å². The third kappa shape index (κ3) is 2.20. The van der Waals surface area contributed by atoms with Crippen molar-refractivity contribution in [2.45, 2.75) is 72.1 Å². The van der Waals surface area contributed by atoms with Gasteiger partial charge in [-0.25, -0.2) is 0 Å². The number of carbonyl (C=O) groups is 3. The lowest BCUT2D eigenvalue weighted by atomic mass is 9.51. The Morgan fingerprint density at radius 3 is 2.52 bits per heavy atom. The summed E-state index contributed by atoms with van der Waals surface area (Å²) in [5.41, 5.74) is 3.75. The van der Waals surface area contributed by atoms with Gasteiger partial charge >= 0.3 is 0 Å². The molecule has 25 heavy (non-hydrogen) atoms. The molecule has 2 fully saturated rings. The van der Waals surface area contributed by atoms with Crippen LogP contribution in [0.15, 0.2) is 22.8 Å². The van der Waals surface area contributed by atoms with Gasteiger partial charge in [0.15, 0.2) is 11.6 Å². The highest BCUT2D eigenvalue weighted by Crippen LogP contribution is 2.66. The van der Waals surface area contributed by atoms with Crippen molar-refractivity contribution in [2.24, 2.45) is 22.7 Å². The molecular weight excluding hydrogens is 312 g/mol. The fourth-order valence-corrected chi connectivity index (χ4v) is 6.56. The van der Waals surface area contributed by atoms with Gasteiger partial charge < -0.3 is 0 Å². The Kier molecular flexibility index (Phi) is 3.72. The number of Topliss-reactive ketones (excluding diaryl/α,β-unsaturated/α-hetero) is 2. The summed E-state index contributed by atoms with van der Waals surface area (Å²) in [5, 5.41) is 0. The van der Waals surface area contributed by atoms with E-state index in [9.17, 15) is 14.4 Å². The Labute approximate surface area is 149 Å². The second-order valence-corrected chi connectivity index (χ2v) is 9.06. The van der Waals surface area contributed by atoms with E-state index in [1.165, 1.54) is 18.1 Å². The topological polar surface area (TPSA) is 51.2 Å². The van der Waals surface area contributed by atoms with Gasteiger partial charge in [-0.1, -0.05) is 19.4 Å². The molecule has 0 aromatic rings. The summed E-state index contributed by atoms with van der Waals surface area (Å²) in [5.74, 6) is 0.873. The molecule has 134 valence electrons. The van der Waals surface area contributed by atoms with Crippen LogP contribution in [0, 0.1) is 22.7 Å². The van der Waals surface area contributed by atoms with Crippen LogP contribution in [-0.4, -0.2) is 17.3 Å². The van der Waals surface area contributed by atoms with Crippen molar-refractivity contribution in [1.82, 2.24) is 0 Å². The van der Waals surface area contributed by atoms with E-state index in [0.717, 1.165) is 44.9 Å². The molecule has 0 spiro atoms. The first-order valence-electron chi connectivity index (χ1n) is 9.79. The lowest BCUT2D eigenvalue weighted by Crippen LogP contribution is -2.49. The van der Waals surface area contributed by atoms with Gasteiger partial charge in [0.2, 0.25) is 5.78 Å². The third-order valence-electron chi connectivity index (χ3n) is 8.16. The van der Waals surface area contributed by atoms with Crippen molar-refractivity contribution in [3.05, 3.63) is 22.8 Å². The summed E-state index contributed by atoms with van der Waals surface area (Å²) in [4.78, 5) is 36.4. The molecule has 4 rings (SSSR count). The van der Waals surface area contributed by atoms with Crippen molar-refractivity contribution in [1.29, 1.82) is 0 Å². The predicted molar refractivity (Wildman–Crippen MR) is 95.9 cm³/mol. The molecule has 0 unspecified atom stereocenters. The van der Waals surface area contributed by atoms with Crippen molar-refractivity contribution >= 4 is 17.3 Å². The minimum absolute atomic E-state index is 0.0732. The predicted octanol–water partition coefficient (Wildman–Crippen LogP) is 4.36. The van der Waals surface area contributed by atoms with Crippen molar-refractivity contribution in [3.63, 3.8) is 0 Å². The van der Waals surface area contributed by atoms with E-state index in [1.807, 2.05) is 13.0 Å². The van der Waals surface area contributed by atoms with Crippen molar-refractivity contribution < 1.29 is 14.4 Å². The molecule has 0 N–H and O–H groups in total. The number of hydrogen-bond donors (Lipinski definition) is 0. The molecule has 0 radical (unpaired) electrons. The van der Waals surface area contributed by atoms with Crippen LogP contribution < -0.4 is 0 Å². The van der Waals surface area contributed by atoms with Gasteiger partial charge in [-0.2, -0.15) is 0 Å². The highest BCUT2D eigenvalue weighted by atomic mass is 16.2. The standard InChI is InChI=1S/C22H28O3/c1-13(23)20(25)22(3)11-9-19-18-6-4-14-12-15(24)5-7-16(14)17(18)8-10-21(19,22)2/h12,18-19H,4-11H2,1-3H3/t18-,19+,21+,22-/m1/s1. The molecule has 2 saturated carbocycles. The molecule has 4 aliphatic rings. The van der Waals surface area contributed by atoms with E-state index in [2.05, 4.69) is 6.92 Å². The second-order valence-electron chi connectivity index (χ2n) is 9.06. The van der Waals surface area contributed by atoms with Gasteiger partial charge in [0.05, 0.1) is 0 Å². The molecule has 0 aromatic carbocycles. The Balaban J connectivity index is 1.73. The van der Waals surface area contributed by atoms with E-state index >= 15 is 0 Å². The van der Waals surface area contributed by atoms with E-state index in [-0.39, 0.29) is 22.8 Å². The first-order valence-corrected chi connectivity index (χ1v) is 9.79. The maximum absolute atomic E-state index is 12.7. The number of carbonyl (C=O) groups excluding carboxylic acids is 3. The summed E-state index contributed by atoms with van der Waals surface area (Å²) in [7, 11) is 0. The van der Waals surface area contributed by atoms with Gasteiger partial charge in [-0.3, -0.25) is 14.4 Å². The Morgan fingerprint density at radius 1 is 1.04 bits per heavy atom. The molecule has 0 aliphatic heterocycles. The first kappa shape index (κ1) is 16.9. The van der Waals surface area contributed by atoms with Crippen molar-refractivity contribution in [2.75, 3.05) is 0 Å². The van der Waals surface area contributed by atoms with Crippen LogP contribution in [0.1, 0.15) is 72.1 Å². The van der Waals surface area contributed by atoms with E-state index < -0.39 is 5.41 Å². The summed E-state index contributed by atoms with van der Waals surface area (Å²) in [6.45, 7) is 5.74. The molecule has 0 bridgehead atoms. The van der Waals surface area contributed by atoms with Gasteiger partial charge in [0, 0.05) is 18.8 Å². The van der Waals surface area contributed by atoms with Gasteiger partial charge in [0.1, 0.15) is 0 Å². The smallest absolute Gasteiger partial charge is 0.204 e. The third-order valence-corrected chi connectivity index (χ3v) is 8.16. The zero-order valence-corrected chi connectivity index (χ0v) is 15.6. The lowest BCUT2D eigenvalue weighted by molar-refractivity contribution is -0.147. The van der Waals surface area contributed by atoms with Gasteiger partial charge in [0.25, 0.3) is 0 Å². The summed E-state index contributed by atoms with van der Waals surface area (Å²) >= 11 is 0.